The number of pyridine rings is 1. The van der Waals surface area contributed by atoms with Gasteiger partial charge in [-0.1, -0.05) is 42.5 Å². The summed E-state index contributed by atoms with van der Waals surface area (Å²) < 4.78 is 27.7. The second-order valence-electron chi connectivity index (χ2n) is 9.84. The number of hydrogen-bond acceptors (Lipinski definition) is 5. The smallest absolute Gasteiger partial charge is 0.335 e. The maximum Gasteiger partial charge on any atom is 0.335 e. The first-order valence-corrected chi connectivity index (χ1v) is 13.2. The van der Waals surface area contributed by atoms with E-state index in [9.17, 15) is 14.3 Å². The monoisotopic (exact) mass is 548 g/mol. The van der Waals surface area contributed by atoms with E-state index in [0.717, 1.165) is 41.0 Å². The molecule has 1 fully saturated rings. The zero-order valence-corrected chi connectivity index (χ0v) is 22.0. The van der Waals surface area contributed by atoms with Crippen LogP contribution in [0, 0.1) is 12.4 Å². The summed E-state index contributed by atoms with van der Waals surface area (Å²) in [5, 5.41) is 9.47. The number of nitrogens with zero attached hydrogens (tertiary/aromatic N) is 4. The molecule has 0 spiro atoms. The SMILES string of the molecule is [C-]#[N+]c1ccc(COc2cccc(-c3ccc(Cc4nc5ccc(C(=O)O)cc5n4C[C@@H]4CCO4)cc3)n2)c(F)c1. The molecule has 2 aromatic heterocycles. The van der Waals surface area contributed by atoms with E-state index in [1.165, 1.54) is 6.07 Å². The van der Waals surface area contributed by atoms with Crippen molar-refractivity contribution in [2.75, 3.05) is 6.61 Å². The molecule has 1 atom stereocenters. The van der Waals surface area contributed by atoms with Gasteiger partial charge in [-0.15, -0.1) is 0 Å². The van der Waals surface area contributed by atoms with E-state index in [4.69, 9.17) is 21.0 Å². The lowest BCUT2D eigenvalue weighted by atomic mass is 10.1. The maximum atomic E-state index is 14.2. The van der Waals surface area contributed by atoms with E-state index in [-0.39, 0.29) is 24.0 Å². The van der Waals surface area contributed by atoms with Crippen LogP contribution in [0.15, 0.2) is 78.9 Å². The Bertz CT molecular complexity index is 1790. The molecule has 0 bridgehead atoms. The van der Waals surface area contributed by atoms with Crippen LogP contribution in [0.5, 0.6) is 5.88 Å². The summed E-state index contributed by atoms with van der Waals surface area (Å²) in [5.41, 5.74) is 5.02. The fraction of sp³-hybridized carbons (Fsp3) is 0.188. The first-order valence-electron chi connectivity index (χ1n) is 13.2. The number of carbonyl (C=O) groups is 1. The van der Waals surface area contributed by atoms with Crippen molar-refractivity contribution in [1.82, 2.24) is 14.5 Å². The molecule has 9 heteroatoms. The summed E-state index contributed by atoms with van der Waals surface area (Å²) in [6, 6.07) is 22.7. The number of rotatable bonds is 9. The van der Waals surface area contributed by atoms with Gasteiger partial charge < -0.3 is 19.1 Å². The van der Waals surface area contributed by atoms with E-state index in [1.807, 2.05) is 36.4 Å². The Balaban J connectivity index is 1.19. The summed E-state index contributed by atoms with van der Waals surface area (Å²) in [5.74, 6) is -0.243. The van der Waals surface area contributed by atoms with Crippen molar-refractivity contribution in [2.45, 2.75) is 32.1 Å². The minimum Gasteiger partial charge on any atom is -0.478 e. The van der Waals surface area contributed by atoms with Gasteiger partial charge in [0.25, 0.3) is 0 Å². The highest BCUT2D eigenvalue weighted by Gasteiger charge is 2.22. The molecular formula is C32H25FN4O4. The molecule has 3 heterocycles. The maximum absolute atomic E-state index is 14.2. The van der Waals surface area contributed by atoms with Crippen LogP contribution in [0.3, 0.4) is 0 Å². The predicted octanol–water partition coefficient (Wildman–Crippen LogP) is 6.45. The number of imidazole rings is 1. The molecule has 0 radical (unpaired) electrons. The van der Waals surface area contributed by atoms with Gasteiger partial charge in [0.05, 0.1) is 41.5 Å². The van der Waals surface area contributed by atoms with Crippen molar-refractivity contribution in [3.05, 3.63) is 119 Å². The number of carboxylic acid groups (broad SMARTS) is 1. The molecule has 1 N–H and O–H groups in total. The normalized spacial score (nSPS) is 14.4. The molecule has 1 saturated heterocycles. The number of aromatic nitrogens is 3. The van der Waals surface area contributed by atoms with E-state index in [1.54, 1.807) is 36.4 Å². The van der Waals surface area contributed by atoms with Gasteiger partial charge in [-0.25, -0.2) is 24.0 Å². The molecule has 0 amide bonds. The van der Waals surface area contributed by atoms with Crippen LogP contribution in [-0.2, 0) is 24.3 Å². The van der Waals surface area contributed by atoms with Crippen molar-refractivity contribution in [3.63, 3.8) is 0 Å². The number of hydrogen-bond donors (Lipinski definition) is 1. The van der Waals surface area contributed by atoms with Crippen LogP contribution >= 0.6 is 0 Å². The molecule has 3 aromatic carbocycles. The Morgan fingerprint density at radius 3 is 2.63 bits per heavy atom. The Morgan fingerprint density at radius 1 is 1.10 bits per heavy atom. The van der Waals surface area contributed by atoms with E-state index in [2.05, 4.69) is 14.4 Å². The van der Waals surface area contributed by atoms with Gasteiger partial charge in [-0.05, 0) is 42.3 Å². The van der Waals surface area contributed by atoms with Crippen LogP contribution < -0.4 is 4.74 Å². The highest BCUT2D eigenvalue weighted by molar-refractivity contribution is 5.92. The van der Waals surface area contributed by atoms with Crippen molar-refractivity contribution < 1.29 is 23.8 Å². The van der Waals surface area contributed by atoms with Gasteiger partial charge in [-0.3, -0.25) is 0 Å². The first kappa shape index (κ1) is 26.2. The molecule has 204 valence electrons. The third-order valence-corrected chi connectivity index (χ3v) is 7.13. The summed E-state index contributed by atoms with van der Waals surface area (Å²) in [6.45, 7) is 8.36. The predicted molar refractivity (Wildman–Crippen MR) is 151 cm³/mol. The topological polar surface area (TPSA) is 90.8 Å². The largest absolute Gasteiger partial charge is 0.478 e. The fourth-order valence-electron chi connectivity index (χ4n) is 4.78. The Hall–Kier alpha value is -5.07. The number of fused-ring (bicyclic) bond motifs is 1. The first-order chi connectivity index (χ1) is 20.0. The minimum absolute atomic E-state index is 0.000358. The highest BCUT2D eigenvalue weighted by atomic mass is 19.1. The molecule has 8 nitrogen and oxygen atoms in total. The van der Waals surface area contributed by atoms with E-state index >= 15 is 0 Å². The van der Waals surface area contributed by atoms with Crippen LogP contribution in [0.1, 0.15) is 33.7 Å². The lowest BCUT2D eigenvalue weighted by molar-refractivity contribution is -0.0589. The third kappa shape index (κ3) is 5.64. The van der Waals surface area contributed by atoms with E-state index < -0.39 is 11.8 Å². The van der Waals surface area contributed by atoms with Gasteiger partial charge in [0, 0.05) is 30.2 Å². The van der Waals surface area contributed by atoms with Gasteiger partial charge >= 0.3 is 5.97 Å². The van der Waals surface area contributed by atoms with Crippen molar-refractivity contribution in [3.8, 4) is 17.1 Å². The molecule has 1 aliphatic rings. The average molecular weight is 549 g/mol. The molecule has 0 unspecified atom stereocenters. The van der Waals surface area contributed by atoms with Crippen molar-refractivity contribution in [2.24, 2.45) is 0 Å². The molecule has 0 saturated carbocycles. The summed E-state index contributed by atoms with van der Waals surface area (Å²) in [4.78, 5) is 24.2. The zero-order chi connectivity index (χ0) is 28.3. The Kier molecular flexibility index (Phi) is 7.15. The van der Waals surface area contributed by atoms with Gasteiger partial charge in [0.2, 0.25) is 5.88 Å². The second kappa shape index (κ2) is 11.2. The number of halogens is 1. The second-order valence-corrected chi connectivity index (χ2v) is 9.84. The fourth-order valence-corrected chi connectivity index (χ4v) is 4.78. The lowest BCUT2D eigenvalue weighted by Crippen LogP contribution is -2.31. The molecule has 41 heavy (non-hydrogen) atoms. The number of aromatic carboxylic acids is 1. The zero-order valence-electron chi connectivity index (χ0n) is 22.0. The lowest BCUT2D eigenvalue weighted by Gasteiger charge is -2.27. The van der Waals surface area contributed by atoms with Crippen LogP contribution in [0.25, 0.3) is 27.1 Å². The average Bonchev–Trinajstić information content (AvgIpc) is 3.30. The molecule has 1 aliphatic heterocycles. The molecule has 0 aliphatic carbocycles. The van der Waals surface area contributed by atoms with Crippen LogP contribution in [0.2, 0.25) is 0 Å². The minimum atomic E-state index is -0.970. The van der Waals surface area contributed by atoms with Gasteiger partial charge in [-0.2, -0.15) is 0 Å². The van der Waals surface area contributed by atoms with Gasteiger partial charge in [0.1, 0.15) is 18.2 Å². The standard InChI is InChI=1S/C32H25FN4O4/c1-34-24-11-9-23(26(33)17-24)19-41-31-4-2-3-27(36-31)21-7-5-20(6-8-21)15-30-35-28-12-10-22(32(38)39)16-29(28)37(30)18-25-13-14-40-25/h2-12,16-17,25H,13-15,18-19H2,(H,38,39)/t25-/m0/s1. The number of carboxylic acids is 1. The van der Waals surface area contributed by atoms with Crippen LogP contribution in [0.4, 0.5) is 10.1 Å². The summed E-state index contributed by atoms with van der Waals surface area (Å²) in [7, 11) is 0. The molecule has 6 rings (SSSR count). The highest BCUT2D eigenvalue weighted by Crippen LogP contribution is 2.26. The van der Waals surface area contributed by atoms with Crippen molar-refractivity contribution in [1.29, 1.82) is 0 Å². The van der Waals surface area contributed by atoms with E-state index in [0.29, 0.717) is 30.1 Å². The van der Waals surface area contributed by atoms with Crippen molar-refractivity contribution >= 4 is 22.7 Å². The number of ether oxygens (including phenoxy) is 2. The Labute approximate surface area is 235 Å². The Morgan fingerprint density at radius 2 is 1.93 bits per heavy atom. The molecular weight excluding hydrogens is 523 g/mol. The quantitative estimate of drug-likeness (QED) is 0.213. The van der Waals surface area contributed by atoms with Gasteiger partial charge in [0.15, 0.2) is 5.69 Å². The summed E-state index contributed by atoms with van der Waals surface area (Å²) in [6.07, 6.45) is 1.63. The third-order valence-electron chi connectivity index (χ3n) is 7.13. The van der Waals surface area contributed by atoms with Crippen LogP contribution in [-0.4, -0.2) is 38.3 Å². The number of benzene rings is 3. The molecule has 5 aromatic rings. The summed E-state index contributed by atoms with van der Waals surface area (Å²) >= 11 is 0.